The topological polar surface area (TPSA) is 55.1 Å². The summed E-state index contributed by atoms with van der Waals surface area (Å²) in [5, 5.41) is 6.63. The van der Waals surface area contributed by atoms with E-state index in [1.54, 1.807) is 6.07 Å². The molecule has 1 atom stereocenters. The van der Waals surface area contributed by atoms with E-state index in [-0.39, 0.29) is 17.7 Å². The number of carbonyl (C=O) groups excluding carboxylic acids is 1. The molecule has 1 aromatic heterocycles. The number of hydrogen-bond donors (Lipinski definition) is 1. The van der Waals surface area contributed by atoms with E-state index in [1.165, 1.54) is 28.5 Å². The quantitative estimate of drug-likeness (QED) is 0.912. The largest absolute Gasteiger partial charge is 0.351 e. The van der Waals surface area contributed by atoms with Gasteiger partial charge in [0.2, 0.25) is 5.76 Å². The number of nitrogens with zero attached hydrogens (tertiary/aromatic N) is 1. The Morgan fingerprint density at radius 2 is 2.25 bits per heavy atom. The van der Waals surface area contributed by atoms with Crippen molar-refractivity contribution in [1.29, 1.82) is 0 Å². The molecule has 1 aliphatic carbocycles. The van der Waals surface area contributed by atoms with E-state index in [0.717, 1.165) is 19.3 Å². The molecular formula is C16H18N2O2. The number of aromatic nitrogens is 1. The van der Waals surface area contributed by atoms with Crippen LogP contribution in [0.2, 0.25) is 0 Å². The molecule has 1 amide bonds. The third kappa shape index (κ3) is 2.33. The zero-order chi connectivity index (χ0) is 14.1. The molecule has 104 valence electrons. The van der Waals surface area contributed by atoms with Gasteiger partial charge in [0.1, 0.15) is 0 Å². The lowest BCUT2D eigenvalue weighted by Crippen LogP contribution is -2.31. The smallest absolute Gasteiger partial charge is 0.290 e. The van der Waals surface area contributed by atoms with Crippen molar-refractivity contribution < 1.29 is 9.32 Å². The van der Waals surface area contributed by atoms with Gasteiger partial charge in [0.15, 0.2) is 0 Å². The molecule has 1 N–H and O–H groups in total. The van der Waals surface area contributed by atoms with Crippen molar-refractivity contribution in [3.63, 3.8) is 0 Å². The van der Waals surface area contributed by atoms with Gasteiger partial charge in [-0.3, -0.25) is 4.79 Å². The molecule has 1 aliphatic rings. The number of aryl methyl sites for hydroxylation is 2. The first-order valence-electron chi connectivity index (χ1n) is 6.96. The molecule has 3 rings (SSSR count). The molecule has 0 bridgehead atoms. The molecule has 0 unspecified atom stereocenters. The zero-order valence-corrected chi connectivity index (χ0v) is 11.8. The molecule has 0 aliphatic heterocycles. The maximum atomic E-state index is 12.1. The molecule has 0 fully saturated rings. The van der Waals surface area contributed by atoms with E-state index in [2.05, 4.69) is 36.5 Å². The third-order valence-electron chi connectivity index (χ3n) is 3.91. The van der Waals surface area contributed by atoms with Crippen LogP contribution in [0.5, 0.6) is 0 Å². The Labute approximate surface area is 118 Å². The maximum absolute atomic E-state index is 12.1. The van der Waals surface area contributed by atoms with Crippen molar-refractivity contribution in [3.8, 4) is 0 Å². The first-order chi connectivity index (χ1) is 9.65. The molecule has 4 nitrogen and oxygen atoms in total. The summed E-state index contributed by atoms with van der Waals surface area (Å²) in [4.78, 5) is 12.1. The van der Waals surface area contributed by atoms with Crippen LogP contribution in [0.1, 0.15) is 51.7 Å². The van der Waals surface area contributed by atoms with Gasteiger partial charge in [-0.15, -0.1) is 0 Å². The molecule has 0 saturated heterocycles. The highest BCUT2D eigenvalue weighted by Gasteiger charge is 2.24. The van der Waals surface area contributed by atoms with Gasteiger partial charge >= 0.3 is 0 Å². The van der Waals surface area contributed by atoms with E-state index in [4.69, 9.17) is 4.52 Å². The van der Waals surface area contributed by atoms with Gasteiger partial charge in [-0.2, -0.15) is 0 Å². The maximum Gasteiger partial charge on any atom is 0.290 e. The number of carbonyl (C=O) groups is 1. The first kappa shape index (κ1) is 12.9. The SMILES string of the molecule is Cc1cc(C)c2c(c1)[C@H](NC(=O)c1ccno1)CCC2. The zero-order valence-electron chi connectivity index (χ0n) is 11.8. The molecule has 0 spiro atoms. The molecular weight excluding hydrogens is 252 g/mol. The minimum Gasteiger partial charge on any atom is -0.351 e. The number of hydrogen-bond acceptors (Lipinski definition) is 3. The van der Waals surface area contributed by atoms with E-state index >= 15 is 0 Å². The van der Waals surface area contributed by atoms with Gasteiger partial charge in [-0.25, -0.2) is 0 Å². The number of amides is 1. The second-order valence-electron chi connectivity index (χ2n) is 5.44. The van der Waals surface area contributed by atoms with Crippen molar-refractivity contribution >= 4 is 5.91 Å². The van der Waals surface area contributed by atoms with Crippen LogP contribution in [-0.4, -0.2) is 11.1 Å². The van der Waals surface area contributed by atoms with Crippen LogP contribution in [0, 0.1) is 13.8 Å². The Morgan fingerprint density at radius 1 is 1.40 bits per heavy atom. The number of rotatable bonds is 2. The third-order valence-corrected chi connectivity index (χ3v) is 3.91. The highest BCUT2D eigenvalue weighted by atomic mass is 16.5. The summed E-state index contributed by atoms with van der Waals surface area (Å²) in [7, 11) is 0. The molecule has 0 saturated carbocycles. The average molecular weight is 270 g/mol. The Kier molecular flexibility index (Phi) is 3.30. The number of benzene rings is 1. The predicted octanol–water partition coefficient (Wildman–Crippen LogP) is 3.10. The van der Waals surface area contributed by atoms with Gasteiger partial charge in [0, 0.05) is 6.07 Å². The van der Waals surface area contributed by atoms with E-state index in [0.29, 0.717) is 0 Å². The van der Waals surface area contributed by atoms with Gasteiger partial charge in [-0.1, -0.05) is 22.9 Å². The van der Waals surface area contributed by atoms with E-state index in [1.807, 2.05) is 0 Å². The van der Waals surface area contributed by atoms with Crippen LogP contribution >= 0.6 is 0 Å². The normalized spacial score (nSPS) is 17.6. The van der Waals surface area contributed by atoms with Crippen molar-refractivity contribution in [3.05, 3.63) is 52.4 Å². The van der Waals surface area contributed by atoms with Crippen molar-refractivity contribution in [2.75, 3.05) is 0 Å². The lowest BCUT2D eigenvalue weighted by atomic mass is 9.84. The molecule has 0 radical (unpaired) electrons. The fraction of sp³-hybridized carbons (Fsp3) is 0.375. The van der Waals surface area contributed by atoms with Crippen LogP contribution in [0.15, 0.2) is 28.9 Å². The number of nitrogens with one attached hydrogen (secondary N) is 1. The summed E-state index contributed by atoms with van der Waals surface area (Å²) >= 11 is 0. The van der Waals surface area contributed by atoms with Gasteiger partial charge < -0.3 is 9.84 Å². The van der Waals surface area contributed by atoms with Crippen LogP contribution in [-0.2, 0) is 6.42 Å². The lowest BCUT2D eigenvalue weighted by molar-refractivity contribution is 0.0895. The van der Waals surface area contributed by atoms with Crippen LogP contribution in [0.4, 0.5) is 0 Å². The Hall–Kier alpha value is -2.10. The van der Waals surface area contributed by atoms with Crippen molar-refractivity contribution in [2.45, 2.75) is 39.2 Å². The number of fused-ring (bicyclic) bond motifs is 1. The Morgan fingerprint density at radius 3 is 3.00 bits per heavy atom. The molecule has 1 aromatic carbocycles. The highest BCUT2D eigenvalue weighted by Crippen LogP contribution is 2.32. The Bertz CT molecular complexity index is 632. The molecule has 2 aromatic rings. The first-order valence-corrected chi connectivity index (χ1v) is 6.96. The van der Waals surface area contributed by atoms with E-state index in [9.17, 15) is 4.79 Å². The highest BCUT2D eigenvalue weighted by molar-refractivity contribution is 5.91. The van der Waals surface area contributed by atoms with Gasteiger partial charge in [0.25, 0.3) is 5.91 Å². The molecule has 1 heterocycles. The van der Waals surface area contributed by atoms with Crippen LogP contribution in [0.25, 0.3) is 0 Å². The summed E-state index contributed by atoms with van der Waals surface area (Å²) in [5.74, 6) is 0.0704. The summed E-state index contributed by atoms with van der Waals surface area (Å²) < 4.78 is 4.91. The second kappa shape index (κ2) is 5.12. The van der Waals surface area contributed by atoms with Crippen molar-refractivity contribution in [2.24, 2.45) is 0 Å². The fourth-order valence-corrected chi connectivity index (χ4v) is 3.03. The van der Waals surface area contributed by atoms with Crippen molar-refractivity contribution in [1.82, 2.24) is 10.5 Å². The second-order valence-corrected chi connectivity index (χ2v) is 5.44. The lowest BCUT2D eigenvalue weighted by Gasteiger charge is -2.28. The average Bonchev–Trinajstić information content (AvgIpc) is 2.93. The minimum absolute atomic E-state index is 0.0648. The van der Waals surface area contributed by atoms with Gasteiger partial charge in [-0.05, 0) is 49.8 Å². The van der Waals surface area contributed by atoms with Gasteiger partial charge in [0.05, 0.1) is 12.2 Å². The summed E-state index contributed by atoms with van der Waals surface area (Å²) in [6.07, 6.45) is 4.64. The molecule has 4 heteroatoms. The predicted molar refractivity (Wildman–Crippen MR) is 75.6 cm³/mol. The minimum atomic E-state index is -0.195. The molecule has 20 heavy (non-hydrogen) atoms. The standard InChI is InChI=1S/C16H18N2O2/c1-10-8-11(2)12-4-3-5-14(13(12)9-10)18-16(19)15-6-7-17-20-15/h6-9,14H,3-5H2,1-2H3,(H,18,19)/t14-/m1/s1. The summed E-state index contributed by atoms with van der Waals surface area (Å²) in [5.41, 5.74) is 5.19. The van der Waals surface area contributed by atoms with Crippen LogP contribution < -0.4 is 5.32 Å². The van der Waals surface area contributed by atoms with Crippen LogP contribution in [0.3, 0.4) is 0 Å². The van der Waals surface area contributed by atoms with E-state index < -0.39 is 0 Å². The summed E-state index contributed by atoms with van der Waals surface area (Å²) in [6.45, 7) is 4.24. The fourth-order valence-electron chi connectivity index (χ4n) is 3.03. The Balaban J connectivity index is 1.88. The summed E-state index contributed by atoms with van der Waals surface area (Å²) in [6, 6.07) is 6.04. The monoisotopic (exact) mass is 270 g/mol.